The van der Waals surface area contributed by atoms with E-state index in [1.807, 2.05) is 6.07 Å². The number of hydrogen-bond donors (Lipinski definition) is 1. The topological polar surface area (TPSA) is 41.6 Å². The van der Waals surface area contributed by atoms with Crippen LogP contribution < -0.4 is 5.73 Å². The maximum absolute atomic E-state index is 13.9. The Balaban J connectivity index is 2.05. The van der Waals surface area contributed by atoms with Crippen LogP contribution >= 0.6 is 0 Å². The number of hydrogen-bond acceptors (Lipinski definition) is 3. The van der Waals surface area contributed by atoms with Gasteiger partial charge in [-0.25, -0.2) is 4.39 Å². The quantitative estimate of drug-likeness (QED) is 0.887. The van der Waals surface area contributed by atoms with Gasteiger partial charge in [0.25, 0.3) is 0 Å². The first kappa shape index (κ1) is 12.5. The first-order valence-electron chi connectivity index (χ1n) is 6.90. The molecule has 1 unspecified atom stereocenters. The lowest BCUT2D eigenvalue weighted by Crippen LogP contribution is -2.49. The Bertz CT molecular complexity index is 538. The summed E-state index contributed by atoms with van der Waals surface area (Å²) in [4.78, 5) is 6.62. The molecule has 0 saturated heterocycles. The summed E-state index contributed by atoms with van der Waals surface area (Å²) in [6.45, 7) is 5.86. The molecule has 2 aliphatic rings. The van der Waals surface area contributed by atoms with Crippen molar-refractivity contribution in [2.24, 2.45) is 16.6 Å². The van der Waals surface area contributed by atoms with Gasteiger partial charge in [0, 0.05) is 6.54 Å². The van der Waals surface area contributed by atoms with E-state index in [0.717, 1.165) is 30.5 Å². The van der Waals surface area contributed by atoms with Crippen molar-refractivity contribution in [1.82, 2.24) is 4.90 Å². The third-order valence-corrected chi connectivity index (χ3v) is 4.25. The van der Waals surface area contributed by atoms with Gasteiger partial charge < -0.3 is 10.6 Å². The van der Waals surface area contributed by atoms with E-state index in [1.165, 1.54) is 0 Å². The fourth-order valence-electron chi connectivity index (χ4n) is 3.39. The van der Waals surface area contributed by atoms with E-state index in [2.05, 4.69) is 23.7 Å². The number of nitrogens with two attached hydrogens (primary N) is 1. The van der Waals surface area contributed by atoms with Crippen LogP contribution in [-0.4, -0.2) is 23.9 Å². The lowest BCUT2D eigenvalue weighted by Gasteiger charge is -2.38. The third-order valence-electron chi connectivity index (χ3n) is 4.25. The van der Waals surface area contributed by atoms with E-state index in [0.29, 0.717) is 18.4 Å². The van der Waals surface area contributed by atoms with Gasteiger partial charge in [-0.15, -0.1) is 0 Å². The number of halogens is 1. The van der Waals surface area contributed by atoms with Gasteiger partial charge in [-0.1, -0.05) is 26.0 Å². The van der Waals surface area contributed by atoms with Crippen LogP contribution in [-0.2, 0) is 12.0 Å². The summed E-state index contributed by atoms with van der Waals surface area (Å²) in [6, 6.07) is 5.37. The molecule has 1 heterocycles. The average molecular weight is 261 g/mol. The highest BCUT2D eigenvalue weighted by molar-refractivity contribution is 5.81. The maximum atomic E-state index is 13.9. The third kappa shape index (κ3) is 1.73. The first-order valence-corrected chi connectivity index (χ1v) is 6.90. The Morgan fingerprint density at radius 1 is 1.47 bits per heavy atom. The molecule has 4 heteroatoms. The van der Waals surface area contributed by atoms with Gasteiger partial charge in [-0.3, -0.25) is 4.99 Å². The molecule has 0 bridgehead atoms. The van der Waals surface area contributed by atoms with Crippen molar-refractivity contribution < 1.29 is 4.39 Å². The fourth-order valence-corrected chi connectivity index (χ4v) is 3.39. The zero-order chi connectivity index (χ0) is 13.6. The SMILES string of the molecule is CC(C)CN1C(N)=NCC12CCc1c(F)cccc12. The van der Waals surface area contributed by atoms with Crippen molar-refractivity contribution in [3.05, 3.63) is 35.1 Å². The number of benzene rings is 1. The monoisotopic (exact) mass is 261 g/mol. The lowest BCUT2D eigenvalue weighted by atomic mass is 9.90. The highest BCUT2D eigenvalue weighted by Crippen LogP contribution is 2.45. The van der Waals surface area contributed by atoms with Crippen molar-refractivity contribution in [3.63, 3.8) is 0 Å². The van der Waals surface area contributed by atoms with Crippen molar-refractivity contribution in [1.29, 1.82) is 0 Å². The van der Waals surface area contributed by atoms with Crippen LogP contribution in [0, 0.1) is 11.7 Å². The van der Waals surface area contributed by atoms with Crippen LogP contribution in [0.2, 0.25) is 0 Å². The molecule has 0 amide bonds. The van der Waals surface area contributed by atoms with Gasteiger partial charge in [0.1, 0.15) is 5.82 Å². The minimum atomic E-state index is -0.203. The normalized spacial score (nSPS) is 25.3. The van der Waals surface area contributed by atoms with Gasteiger partial charge in [-0.2, -0.15) is 0 Å². The molecule has 1 aliphatic carbocycles. The van der Waals surface area contributed by atoms with Crippen LogP contribution in [0.15, 0.2) is 23.2 Å². The molecular formula is C15H20FN3. The number of aliphatic imine (C=N–C) groups is 1. The minimum absolute atomic E-state index is 0.0932. The molecule has 3 nitrogen and oxygen atoms in total. The molecule has 1 aromatic rings. The van der Waals surface area contributed by atoms with Crippen molar-refractivity contribution in [2.45, 2.75) is 32.2 Å². The largest absolute Gasteiger partial charge is 0.370 e. The van der Waals surface area contributed by atoms with Crippen LogP contribution in [0.3, 0.4) is 0 Å². The molecule has 1 atom stereocenters. The van der Waals surface area contributed by atoms with Crippen molar-refractivity contribution >= 4 is 5.96 Å². The summed E-state index contributed by atoms with van der Waals surface area (Å²) >= 11 is 0. The standard InChI is InChI=1S/C15H20FN3/c1-10(2)8-19-14(17)18-9-15(19)7-6-11-12(15)4-3-5-13(11)16/h3-5,10H,6-9H2,1-2H3,(H2,17,18). The Morgan fingerprint density at radius 2 is 2.26 bits per heavy atom. The molecule has 0 fully saturated rings. The zero-order valence-electron chi connectivity index (χ0n) is 11.5. The number of nitrogens with zero attached hydrogens (tertiary/aromatic N) is 2. The van der Waals surface area contributed by atoms with E-state index < -0.39 is 0 Å². The lowest BCUT2D eigenvalue weighted by molar-refractivity contribution is 0.183. The molecule has 102 valence electrons. The Morgan fingerprint density at radius 3 is 3.00 bits per heavy atom. The van der Waals surface area contributed by atoms with Crippen LogP contribution in [0.5, 0.6) is 0 Å². The van der Waals surface area contributed by atoms with Crippen molar-refractivity contribution in [3.8, 4) is 0 Å². The zero-order valence-corrected chi connectivity index (χ0v) is 11.5. The number of fused-ring (bicyclic) bond motifs is 2. The van der Waals surface area contributed by atoms with Gasteiger partial charge in [0.15, 0.2) is 5.96 Å². The van der Waals surface area contributed by atoms with Crippen LogP contribution in [0.4, 0.5) is 4.39 Å². The van der Waals surface area contributed by atoms with E-state index in [9.17, 15) is 4.39 Å². The van der Waals surface area contributed by atoms with Crippen LogP contribution in [0.25, 0.3) is 0 Å². The number of rotatable bonds is 2. The van der Waals surface area contributed by atoms with Gasteiger partial charge in [0.05, 0.1) is 12.1 Å². The summed E-state index contributed by atoms with van der Waals surface area (Å²) in [5.74, 6) is 1.01. The highest BCUT2D eigenvalue weighted by Gasteiger charge is 2.48. The second-order valence-electron chi connectivity index (χ2n) is 5.98. The second kappa shape index (κ2) is 4.22. The molecule has 3 rings (SSSR count). The highest BCUT2D eigenvalue weighted by atomic mass is 19.1. The summed E-state index contributed by atoms with van der Waals surface area (Å²) in [7, 11) is 0. The molecule has 1 aliphatic heterocycles. The molecule has 19 heavy (non-hydrogen) atoms. The summed E-state index contributed by atoms with van der Waals surface area (Å²) in [5.41, 5.74) is 7.79. The molecule has 0 aromatic heterocycles. The van der Waals surface area contributed by atoms with Gasteiger partial charge in [0.2, 0.25) is 0 Å². The summed E-state index contributed by atoms with van der Waals surface area (Å²) in [5, 5.41) is 0. The summed E-state index contributed by atoms with van der Waals surface area (Å²) < 4.78 is 13.9. The van der Waals surface area contributed by atoms with Crippen molar-refractivity contribution in [2.75, 3.05) is 13.1 Å². The number of guanidine groups is 1. The minimum Gasteiger partial charge on any atom is -0.370 e. The first-order chi connectivity index (χ1) is 9.04. The van der Waals surface area contributed by atoms with Crippen LogP contribution in [0.1, 0.15) is 31.4 Å². The van der Waals surface area contributed by atoms with E-state index >= 15 is 0 Å². The molecule has 1 aromatic carbocycles. The predicted molar refractivity (Wildman–Crippen MR) is 74.4 cm³/mol. The summed E-state index contributed by atoms with van der Waals surface area (Å²) in [6.07, 6.45) is 1.68. The Labute approximate surface area is 113 Å². The van der Waals surface area contributed by atoms with E-state index in [1.54, 1.807) is 12.1 Å². The molecular weight excluding hydrogens is 241 g/mol. The second-order valence-corrected chi connectivity index (χ2v) is 5.98. The molecule has 2 N–H and O–H groups in total. The van der Waals surface area contributed by atoms with E-state index in [-0.39, 0.29) is 11.4 Å². The fraction of sp³-hybridized carbons (Fsp3) is 0.533. The Kier molecular flexibility index (Phi) is 2.77. The Hall–Kier alpha value is -1.58. The average Bonchev–Trinajstić information content (AvgIpc) is 2.88. The predicted octanol–water partition coefficient (Wildman–Crippen LogP) is 2.25. The smallest absolute Gasteiger partial charge is 0.192 e. The maximum Gasteiger partial charge on any atom is 0.192 e. The molecule has 1 spiro atoms. The van der Waals surface area contributed by atoms with Gasteiger partial charge >= 0.3 is 0 Å². The van der Waals surface area contributed by atoms with Gasteiger partial charge in [-0.05, 0) is 36.0 Å². The molecule has 0 saturated carbocycles. The molecule has 0 radical (unpaired) electrons. The van der Waals surface area contributed by atoms with E-state index in [4.69, 9.17) is 5.73 Å².